The lowest BCUT2D eigenvalue weighted by atomic mass is 10.0. The van der Waals surface area contributed by atoms with E-state index in [1.807, 2.05) is 24.3 Å². The lowest BCUT2D eigenvalue weighted by Crippen LogP contribution is -2.20. The summed E-state index contributed by atoms with van der Waals surface area (Å²) in [5.74, 6) is 1.61. The van der Waals surface area contributed by atoms with Crippen molar-refractivity contribution in [3.05, 3.63) is 64.6 Å². The van der Waals surface area contributed by atoms with Crippen molar-refractivity contribution >= 4 is 28.8 Å². The Bertz CT molecular complexity index is 1150. The number of furan rings is 1. The molecule has 154 valence electrons. The van der Waals surface area contributed by atoms with Crippen molar-refractivity contribution in [2.45, 2.75) is 45.2 Å². The molecular weight excluding hydrogens is 380 g/mol. The number of rotatable bonds is 6. The molecule has 7 heteroatoms. The van der Waals surface area contributed by atoms with Gasteiger partial charge in [-0.25, -0.2) is 4.98 Å². The van der Waals surface area contributed by atoms with Gasteiger partial charge >= 0.3 is 0 Å². The lowest BCUT2D eigenvalue weighted by Gasteiger charge is -2.15. The van der Waals surface area contributed by atoms with Crippen molar-refractivity contribution in [3.63, 3.8) is 0 Å². The van der Waals surface area contributed by atoms with Gasteiger partial charge in [0.15, 0.2) is 0 Å². The number of epoxide rings is 1. The van der Waals surface area contributed by atoms with Crippen molar-refractivity contribution in [1.82, 2.24) is 10.3 Å². The molecule has 3 aromatic rings. The third kappa shape index (κ3) is 3.75. The molecule has 2 aliphatic rings. The molecule has 0 spiro atoms. The first-order chi connectivity index (χ1) is 14.6. The van der Waals surface area contributed by atoms with Crippen LogP contribution in [-0.4, -0.2) is 23.2 Å². The fourth-order valence-electron chi connectivity index (χ4n) is 3.81. The minimum absolute atomic E-state index is 0.0225. The number of benzene rings is 1. The molecule has 2 unspecified atom stereocenters. The Balaban J connectivity index is 1.19. The molecule has 0 aliphatic carbocycles. The summed E-state index contributed by atoms with van der Waals surface area (Å²) in [5, 5.41) is 7.30. The van der Waals surface area contributed by atoms with E-state index in [0.29, 0.717) is 25.3 Å². The standard InChI is InChI=1S/C23H24N4O3/c1-13-17-9-14(10-24)2-5-18(17)29-20(13)12-26-23-19(30-23)6-3-15-8-16-4-7-21(28)27-22(16)25-11-15/h2-3,5-6,8-9,11,19,23,26H,4,7,10,12,24H2,1H3,(H,25,27,28)/b6-3+. The molecule has 2 aliphatic heterocycles. The molecule has 2 atom stereocenters. The van der Waals surface area contributed by atoms with Gasteiger partial charge in [0.25, 0.3) is 0 Å². The highest BCUT2D eigenvalue weighted by molar-refractivity contribution is 5.92. The highest BCUT2D eigenvalue weighted by atomic mass is 16.6. The highest BCUT2D eigenvalue weighted by Crippen LogP contribution is 2.28. The number of amides is 1. The summed E-state index contributed by atoms with van der Waals surface area (Å²) in [4.78, 5) is 15.8. The summed E-state index contributed by atoms with van der Waals surface area (Å²) in [6, 6.07) is 8.13. The number of hydrogen-bond acceptors (Lipinski definition) is 6. The number of fused-ring (bicyclic) bond motifs is 2. The van der Waals surface area contributed by atoms with Gasteiger partial charge in [-0.3, -0.25) is 10.1 Å². The summed E-state index contributed by atoms with van der Waals surface area (Å²) in [7, 11) is 0. The zero-order valence-corrected chi connectivity index (χ0v) is 16.8. The molecule has 7 nitrogen and oxygen atoms in total. The maximum Gasteiger partial charge on any atom is 0.225 e. The Kier molecular flexibility index (Phi) is 4.86. The smallest absolute Gasteiger partial charge is 0.225 e. The average molecular weight is 404 g/mol. The number of aromatic nitrogens is 1. The van der Waals surface area contributed by atoms with Crippen LogP contribution in [0, 0.1) is 6.92 Å². The molecule has 4 heterocycles. The molecule has 4 N–H and O–H groups in total. The zero-order chi connectivity index (χ0) is 20.7. The van der Waals surface area contributed by atoms with Crippen LogP contribution in [0.3, 0.4) is 0 Å². The maximum absolute atomic E-state index is 11.4. The number of nitrogens with two attached hydrogens (primary N) is 1. The molecule has 1 fully saturated rings. The first-order valence-electron chi connectivity index (χ1n) is 10.2. The average Bonchev–Trinajstić information content (AvgIpc) is 3.45. The molecule has 1 saturated heterocycles. The number of aryl methyl sites for hydroxylation is 2. The monoisotopic (exact) mass is 404 g/mol. The summed E-state index contributed by atoms with van der Waals surface area (Å²) < 4.78 is 11.7. The SMILES string of the molecule is Cc1c(CNC2OC2/C=C/c2cnc3c(c2)CCC(=O)N3)oc2ccc(CN)cc12. The van der Waals surface area contributed by atoms with Crippen molar-refractivity contribution in [1.29, 1.82) is 0 Å². The maximum atomic E-state index is 11.4. The number of pyridine rings is 1. The van der Waals surface area contributed by atoms with Crippen LogP contribution in [0.15, 0.2) is 41.0 Å². The van der Waals surface area contributed by atoms with Gasteiger partial charge in [-0.15, -0.1) is 0 Å². The normalized spacial score (nSPS) is 20.5. The van der Waals surface area contributed by atoms with E-state index in [1.54, 1.807) is 6.20 Å². The topological polar surface area (TPSA) is 106 Å². The quantitative estimate of drug-likeness (QED) is 0.546. The number of carbonyl (C=O) groups excluding carboxylic acids is 1. The first-order valence-corrected chi connectivity index (χ1v) is 10.2. The Labute approximate surface area is 174 Å². The molecular formula is C23H24N4O3. The Morgan fingerprint density at radius 3 is 3.10 bits per heavy atom. The van der Waals surface area contributed by atoms with Crippen molar-refractivity contribution in [2.75, 3.05) is 5.32 Å². The fraction of sp³-hybridized carbons (Fsp3) is 0.304. The van der Waals surface area contributed by atoms with E-state index >= 15 is 0 Å². The number of carbonyl (C=O) groups is 1. The van der Waals surface area contributed by atoms with Gasteiger partial charge in [0.1, 0.15) is 29.5 Å². The van der Waals surface area contributed by atoms with Gasteiger partial charge in [0.2, 0.25) is 5.91 Å². The van der Waals surface area contributed by atoms with Crippen LogP contribution in [0.1, 0.15) is 34.4 Å². The van der Waals surface area contributed by atoms with Crippen LogP contribution in [0.5, 0.6) is 0 Å². The zero-order valence-electron chi connectivity index (χ0n) is 16.8. The first kappa shape index (κ1) is 19.0. The van der Waals surface area contributed by atoms with Crippen LogP contribution in [0.2, 0.25) is 0 Å². The Morgan fingerprint density at radius 1 is 1.33 bits per heavy atom. The summed E-state index contributed by atoms with van der Waals surface area (Å²) in [6.07, 6.45) is 7.03. The minimum Gasteiger partial charge on any atom is -0.459 e. The summed E-state index contributed by atoms with van der Waals surface area (Å²) in [5.41, 5.74) is 10.9. The van der Waals surface area contributed by atoms with Crippen LogP contribution >= 0.6 is 0 Å². The Hall–Kier alpha value is -3.00. The van der Waals surface area contributed by atoms with Gasteiger partial charge < -0.3 is 20.2 Å². The molecule has 1 aromatic carbocycles. The van der Waals surface area contributed by atoms with Crippen LogP contribution < -0.4 is 16.4 Å². The second-order valence-electron chi connectivity index (χ2n) is 7.77. The van der Waals surface area contributed by atoms with E-state index in [-0.39, 0.29) is 18.2 Å². The van der Waals surface area contributed by atoms with E-state index in [0.717, 1.165) is 45.4 Å². The third-order valence-corrected chi connectivity index (χ3v) is 5.67. The fourth-order valence-corrected chi connectivity index (χ4v) is 3.81. The molecule has 0 saturated carbocycles. The number of nitrogens with zero attached hydrogens (tertiary/aromatic N) is 1. The van der Waals surface area contributed by atoms with Crippen LogP contribution in [-0.2, 0) is 29.0 Å². The van der Waals surface area contributed by atoms with E-state index in [2.05, 4.69) is 34.7 Å². The largest absolute Gasteiger partial charge is 0.459 e. The third-order valence-electron chi connectivity index (χ3n) is 5.67. The Morgan fingerprint density at radius 2 is 2.23 bits per heavy atom. The van der Waals surface area contributed by atoms with E-state index in [9.17, 15) is 4.79 Å². The minimum atomic E-state index is -0.0293. The molecule has 0 radical (unpaired) electrons. The number of hydrogen-bond donors (Lipinski definition) is 3. The molecule has 0 bridgehead atoms. The number of ether oxygens (including phenoxy) is 1. The van der Waals surface area contributed by atoms with E-state index < -0.39 is 0 Å². The predicted molar refractivity (Wildman–Crippen MR) is 115 cm³/mol. The van der Waals surface area contributed by atoms with Gasteiger partial charge in [-0.05, 0) is 53.8 Å². The molecule has 1 amide bonds. The molecule has 30 heavy (non-hydrogen) atoms. The molecule has 2 aromatic heterocycles. The number of anilines is 1. The van der Waals surface area contributed by atoms with Crippen molar-refractivity contribution < 1.29 is 13.9 Å². The second-order valence-corrected chi connectivity index (χ2v) is 7.77. The van der Waals surface area contributed by atoms with E-state index in [1.165, 1.54) is 0 Å². The highest BCUT2D eigenvalue weighted by Gasteiger charge is 2.36. The van der Waals surface area contributed by atoms with Crippen molar-refractivity contribution in [2.24, 2.45) is 5.73 Å². The summed E-state index contributed by atoms with van der Waals surface area (Å²) >= 11 is 0. The lowest BCUT2D eigenvalue weighted by molar-refractivity contribution is -0.116. The van der Waals surface area contributed by atoms with Gasteiger partial charge in [0.05, 0.1) is 6.54 Å². The summed E-state index contributed by atoms with van der Waals surface area (Å²) in [6.45, 7) is 3.19. The number of nitrogens with one attached hydrogen (secondary N) is 2. The van der Waals surface area contributed by atoms with Gasteiger partial charge in [-0.1, -0.05) is 18.2 Å². The predicted octanol–water partition coefficient (Wildman–Crippen LogP) is 3.01. The van der Waals surface area contributed by atoms with Crippen LogP contribution in [0.4, 0.5) is 5.82 Å². The van der Waals surface area contributed by atoms with Crippen molar-refractivity contribution in [3.8, 4) is 0 Å². The second kappa shape index (κ2) is 7.68. The van der Waals surface area contributed by atoms with Crippen LogP contribution in [0.25, 0.3) is 17.0 Å². The van der Waals surface area contributed by atoms with Gasteiger partial charge in [-0.2, -0.15) is 0 Å². The molecule has 5 rings (SSSR count). The van der Waals surface area contributed by atoms with E-state index in [4.69, 9.17) is 14.9 Å². The van der Waals surface area contributed by atoms with Gasteiger partial charge in [0, 0.05) is 24.5 Å².